The summed E-state index contributed by atoms with van der Waals surface area (Å²) in [6, 6.07) is 11.5. The largest absolute Gasteiger partial charge is 0.465 e. The number of methoxy groups -OCH3 is 1. The van der Waals surface area contributed by atoms with E-state index in [4.69, 9.17) is 4.74 Å². The molecule has 2 aromatic carbocycles. The molecular weight excluding hydrogens is 250 g/mol. The number of benzene rings is 2. The van der Waals surface area contributed by atoms with Crippen LogP contribution in [-0.2, 0) is 4.74 Å². The maximum atomic E-state index is 12.0. The molecule has 0 aliphatic rings. The van der Waals surface area contributed by atoms with Crippen molar-refractivity contribution in [2.75, 3.05) is 7.11 Å². The quantitative estimate of drug-likeness (QED) is 0.620. The van der Waals surface area contributed by atoms with Crippen LogP contribution in [-0.4, -0.2) is 19.8 Å². The number of hydrogen-bond acceptors (Lipinski definition) is 3. The van der Waals surface area contributed by atoms with Crippen LogP contribution in [0.4, 0.5) is 5.69 Å². The van der Waals surface area contributed by atoms with Crippen LogP contribution in [0.1, 0.15) is 21.5 Å². The Morgan fingerprint density at radius 1 is 1.15 bits per heavy atom. The van der Waals surface area contributed by atoms with Crippen molar-refractivity contribution >= 4 is 18.4 Å². The van der Waals surface area contributed by atoms with Gasteiger partial charge in [-0.25, -0.2) is 4.79 Å². The van der Waals surface area contributed by atoms with Gasteiger partial charge in [-0.2, -0.15) is 0 Å². The third-order valence-corrected chi connectivity index (χ3v) is 3.35. The van der Waals surface area contributed by atoms with E-state index in [0.717, 1.165) is 27.9 Å². The Kier molecular flexibility index (Phi) is 3.99. The van der Waals surface area contributed by atoms with E-state index in [9.17, 15) is 4.79 Å². The van der Waals surface area contributed by atoms with Crippen molar-refractivity contribution in [3.05, 3.63) is 53.1 Å². The maximum Gasteiger partial charge on any atom is 0.338 e. The van der Waals surface area contributed by atoms with Gasteiger partial charge < -0.3 is 4.74 Å². The van der Waals surface area contributed by atoms with Crippen molar-refractivity contribution in [2.24, 2.45) is 4.99 Å². The molecule has 0 atom stereocenters. The molecule has 0 saturated heterocycles. The Morgan fingerprint density at radius 2 is 1.90 bits per heavy atom. The second kappa shape index (κ2) is 5.70. The minimum Gasteiger partial charge on any atom is -0.465 e. The van der Waals surface area contributed by atoms with Gasteiger partial charge in [0.2, 0.25) is 0 Å². The van der Waals surface area contributed by atoms with Crippen LogP contribution in [0.2, 0.25) is 0 Å². The van der Waals surface area contributed by atoms with Crippen molar-refractivity contribution in [3.8, 4) is 11.1 Å². The third-order valence-electron chi connectivity index (χ3n) is 3.35. The Bertz CT molecular complexity index is 675. The van der Waals surface area contributed by atoms with Crippen molar-refractivity contribution in [2.45, 2.75) is 13.8 Å². The van der Waals surface area contributed by atoms with Gasteiger partial charge in [0.25, 0.3) is 0 Å². The number of aliphatic imine (C=N–C) groups is 1. The van der Waals surface area contributed by atoms with Gasteiger partial charge in [-0.05, 0) is 49.4 Å². The molecule has 0 saturated carbocycles. The van der Waals surface area contributed by atoms with Crippen LogP contribution in [0.5, 0.6) is 0 Å². The number of hydrogen-bond donors (Lipinski definition) is 0. The van der Waals surface area contributed by atoms with Gasteiger partial charge in [-0.15, -0.1) is 0 Å². The van der Waals surface area contributed by atoms with E-state index in [-0.39, 0.29) is 5.97 Å². The zero-order valence-electron chi connectivity index (χ0n) is 11.9. The number of carbonyl (C=O) groups excluding carboxylic acids is 1. The molecular formula is C17H17NO2. The minimum atomic E-state index is -0.333. The lowest BCUT2D eigenvalue weighted by molar-refractivity contribution is 0.0601. The maximum absolute atomic E-state index is 12.0. The molecule has 0 N–H and O–H groups in total. The molecule has 2 rings (SSSR count). The number of carbonyl (C=O) groups is 1. The molecule has 20 heavy (non-hydrogen) atoms. The standard InChI is InChI=1S/C17H17NO2/c1-11-8-9-14(15(10-11)17(19)20-4)13-6-5-7-16(18-3)12(13)2/h5-10H,3H2,1-2,4H3. The van der Waals surface area contributed by atoms with E-state index in [0.29, 0.717) is 5.56 Å². The smallest absolute Gasteiger partial charge is 0.338 e. The Hall–Kier alpha value is -2.42. The summed E-state index contributed by atoms with van der Waals surface area (Å²) in [6.07, 6.45) is 0. The van der Waals surface area contributed by atoms with Crippen LogP contribution >= 0.6 is 0 Å². The van der Waals surface area contributed by atoms with Gasteiger partial charge in [0, 0.05) is 0 Å². The fourth-order valence-electron chi connectivity index (χ4n) is 2.26. The summed E-state index contributed by atoms with van der Waals surface area (Å²) in [4.78, 5) is 16.0. The second-order valence-electron chi connectivity index (χ2n) is 4.65. The minimum absolute atomic E-state index is 0.333. The normalized spacial score (nSPS) is 10.2. The van der Waals surface area contributed by atoms with E-state index in [2.05, 4.69) is 11.7 Å². The SMILES string of the molecule is C=Nc1cccc(-c2ccc(C)cc2C(=O)OC)c1C. The summed E-state index contributed by atoms with van der Waals surface area (Å²) < 4.78 is 4.88. The Labute approximate surface area is 118 Å². The molecule has 0 aliphatic heterocycles. The van der Waals surface area contributed by atoms with E-state index < -0.39 is 0 Å². The highest BCUT2D eigenvalue weighted by Gasteiger charge is 2.15. The first-order chi connectivity index (χ1) is 9.58. The molecule has 0 aromatic heterocycles. The number of aryl methyl sites for hydroxylation is 1. The zero-order chi connectivity index (χ0) is 14.7. The van der Waals surface area contributed by atoms with Crippen LogP contribution in [0.15, 0.2) is 41.4 Å². The monoisotopic (exact) mass is 267 g/mol. The Morgan fingerprint density at radius 3 is 2.55 bits per heavy atom. The summed E-state index contributed by atoms with van der Waals surface area (Å²) in [5, 5.41) is 0. The van der Waals surface area contributed by atoms with Gasteiger partial charge >= 0.3 is 5.97 Å². The first kappa shape index (κ1) is 14.0. The lowest BCUT2D eigenvalue weighted by Gasteiger charge is -2.13. The van der Waals surface area contributed by atoms with E-state index >= 15 is 0 Å². The predicted molar refractivity (Wildman–Crippen MR) is 81.9 cm³/mol. The van der Waals surface area contributed by atoms with Gasteiger partial charge in [-0.3, -0.25) is 4.99 Å². The highest BCUT2D eigenvalue weighted by molar-refractivity contribution is 5.98. The average molecular weight is 267 g/mol. The highest BCUT2D eigenvalue weighted by atomic mass is 16.5. The number of nitrogens with zero attached hydrogens (tertiary/aromatic N) is 1. The van der Waals surface area contributed by atoms with Crippen molar-refractivity contribution < 1.29 is 9.53 Å². The van der Waals surface area contributed by atoms with Gasteiger partial charge in [0.05, 0.1) is 18.4 Å². The molecule has 0 aliphatic carbocycles. The van der Waals surface area contributed by atoms with E-state index in [1.165, 1.54) is 7.11 Å². The fourth-order valence-corrected chi connectivity index (χ4v) is 2.26. The van der Waals surface area contributed by atoms with Gasteiger partial charge in [0.1, 0.15) is 0 Å². The van der Waals surface area contributed by atoms with Crippen molar-refractivity contribution in [1.82, 2.24) is 0 Å². The lowest BCUT2D eigenvalue weighted by atomic mass is 9.94. The van der Waals surface area contributed by atoms with Crippen molar-refractivity contribution in [3.63, 3.8) is 0 Å². The molecule has 0 spiro atoms. The fraction of sp³-hybridized carbons (Fsp3) is 0.176. The molecule has 0 fully saturated rings. The first-order valence-electron chi connectivity index (χ1n) is 6.34. The molecule has 3 heteroatoms. The summed E-state index contributed by atoms with van der Waals surface area (Å²) in [5.41, 5.74) is 5.22. The van der Waals surface area contributed by atoms with Gasteiger partial charge in [-0.1, -0.05) is 29.8 Å². The third kappa shape index (κ3) is 2.48. The van der Waals surface area contributed by atoms with E-state index in [1.807, 2.05) is 50.2 Å². The van der Waals surface area contributed by atoms with Crippen LogP contribution < -0.4 is 0 Å². The lowest BCUT2D eigenvalue weighted by Crippen LogP contribution is -2.04. The first-order valence-corrected chi connectivity index (χ1v) is 6.34. The average Bonchev–Trinajstić information content (AvgIpc) is 2.47. The molecule has 0 radical (unpaired) electrons. The van der Waals surface area contributed by atoms with Crippen molar-refractivity contribution in [1.29, 1.82) is 0 Å². The molecule has 0 amide bonds. The number of rotatable bonds is 3. The molecule has 0 unspecified atom stereocenters. The summed E-state index contributed by atoms with van der Waals surface area (Å²) >= 11 is 0. The Balaban J connectivity index is 2.70. The topological polar surface area (TPSA) is 38.7 Å². The summed E-state index contributed by atoms with van der Waals surface area (Å²) in [7, 11) is 1.39. The molecule has 0 bridgehead atoms. The molecule has 2 aromatic rings. The number of ether oxygens (including phenoxy) is 1. The highest BCUT2D eigenvalue weighted by Crippen LogP contribution is 2.32. The predicted octanol–water partition coefficient (Wildman–Crippen LogP) is 4.09. The second-order valence-corrected chi connectivity index (χ2v) is 4.65. The number of esters is 1. The molecule has 0 heterocycles. The molecule has 3 nitrogen and oxygen atoms in total. The van der Waals surface area contributed by atoms with Crippen LogP contribution in [0.3, 0.4) is 0 Å². The van der Waals surface area contributed by atoms with Gasteiger partial charge in [0.15, 0.2) is 0 Å². The van der Waals surface area contributed by atoms with Crippen LogP contribution in [0, 0.1) is 13.8 Å². The van der Waals surface area contributed by atoms with Crippen LogP contribution in [0.25, 0.3) is 11.1 Å². The zero-order valence-corrected chi connectivity index (χ0v) is 11.9. The molecule has 102 valence electrons. The van der Waals surface area contributed by atoms with E-state index in [1.54, 1.807) is 0 Å². The summed E-state index contributed by atoms with van der Waals surface area (Å²) in [6.45, 7) is 7.49. The summed E-state index contributed by atoms with van der Waals surface area (Å²) in [5.74, 6) is -0.333.